The molecule has 0 aliphatic rings. The minimum Gasteiger partial charge on any atom is -0.324 e. The smallest absolute Gasteiger partial charge is 0.0346 e. The fourth-order valence-corrected chi connectivity index (χ4v) is 2.87. The Balaban J connectivity index is 2.22. The quantitative estimate of drug-likeness (QED) is 0.782. The molecule has 16 heavy (non-hydrogen) atoms. The number of fused-ring (bicyclic) bond motifs is 1. The summed E-state index contributed by atoms with van der Waals surface area (Å²) in [6, 6.07) is 8.58. The van der Waals surface area contributed by atoms with Crippen molar-refractivity contribution in [3.63, 3.8) is 0 Å². The highest BCUT2D eigenvalue weighted by Gasteiger charge is 2.11. The van der Waals surface area contributed by atoms with Crippen molar-refractivity contribution in [1.29, 1.82) is 0 Å². The van der Waals surface area contributed by atoms with Gasteiger partial charge in [-0.2, -0.15) is 0 Å². The zero-order valence-electron chi connectivity index (χ0n) is 9.57. The summed E-state index contributed by atoms with van der Waals surface area (Å²) in [5, 5.41) is 3.50. The number of hydrogen-bond acceptors (Lipinski definition) is 2. The Morgan fingerprint density at radius 1 is 1.44 bits per heavy atom. The monoisotopic (exact) mass is 231 g/mol. The number of allylic oxidation sites excluding steroid dienone is 1. The first-order chi connectivity index (χ1) is 7.68. The molecule has 0 saturated heterocycles. The molecule has 1 aromatic heterocycles. The Morgan fingerprint density at radius 3 is 2.94 bits per heavy atom. The number of rotatable bonds is 4. The molecule has 0 bridgehead atoms. The van der Waals surface area contributed by atoms with Crippen LogP contribution in [0.4, 0.5) is 0 Å². The second-order valence-electron chi connectivity index (χ2n) is 4.29. The molecule has 0 radical (unpaired) electrons. The number of nitrogens with two attached hydrogens (primary N) is 1. The van der Waals surface area contributed by atoms with Crippen LogP contribution in [0.3, 0.4) is 0 Å². The lowest BCUT2D eigenvalue weighted by atomic mass is 10.0. The lowest BCUT2D eigenvalue weighted by Gasteiger charge is -2.10. The number of benzene rings is 1. The molecule has 2 N–H and O–H groups in total. The molecule has 0 spiro atoms. The summed E-state index contributed by atoms with van der Waals surface area (Å²) in [5.41, 5.74) is 8.70. The largest absolute Gasteiger partial charge is 0.324 e. The van der Waals surface area contributed by atoms with E-state index < -0.39 is 0 Å². The van der Waals surface area contributed by atoms with Gasteiger partial charge >= 0.3 is 0 Å². The van der Waals surface area contributed by atoms with Gasteiger partial charge in [-0.15, -0.1) is 17.9 Å². The summed E-state index contributed by atoms with van der Waals surface area (Å²) in [4.78, 5) is 0. The molecule has 1 aromatic carbocycles. The Kier molecular flexibility index (Phi) is 3.42. The molecular weight excluding hydrogens is 214 g/mol. The van der Waals surface area contributed by atoms with E-state index in [4.69, 9.17) is 5.73 Å². The van der Waals surface area contributed by atoms with Gasteiger partial charge in [0.15, 0.2) is 0 Å². The van der Waals surface area contributed by atoms with Crippen molar-refractivity contribution in [2.45, 2.75) is 25.8 Å². The molecule has 84 valence electrons. The van der Waals surface area contributed by atoms with Crippen LogP contribution < -0.4 is 5.73 Å². The van der Waals surface area contributed by atoms with E-state index in [1.54, 1.807) is 11.3 Å². The average molecular weight is 231 g/mol. The summed E-state index contributed by atoms with van der Waals surface area (Å²) < 4.78 is 1.32. The molecule has 0 saturated carbocycles. The van der Waals surface area contributed by atoms with Crippen molar-refractivity contribution in [1.82, 2.24) is 0 Å². The van der Waals surface area contributed by atoms with Gasteiger partial charge in [-0.1, -0.05) is 23.8 Å². The molecule has 0 aliphatic carbocycles. The van der Waals surface area contributed by atoms with Crippen LogP contribution in [0.25, 0.3) is 10.1 Å². The first kappa shape index (κ1) is 11.4. The van der Waals surface area contributed by atoms with Gasteiger partial charge in [-0.05, 0) is 42.2 Å². The molecule has 0 amide bonds. The van der Waals surface area contributed by atoms with Gasteiger partial charge in [0.25, 0.3) is 0 Å². The van der Waals surface area contributed by atoms with Crippen molar-refractivity contribution < 1.29 is 0 Å². The van der Waals surface area contributed by atoms with Crippen molar-refractivity contribution in [3.8, 4) is 0 Å². The predicted octanol–water partition coefficient (Wildman–Crippen LogP) is 4.26. The molecule has 1 unspecified atom stereocenters. The standard InChI is InChI=1S/C14H17NS/c1-10(2)7-8-13(15)12-9-16-14-6-4-3-5-11(12)14/h3-6,9,13H,1,7-8,15H2,2H3. The zero-order valence-corrected chi connectivity index (χ0v) is 10.4. The topological polar surface area (TPSA) is 26.0 Å². The molecule has 1 heterocycles. The van der Waals surface area contributed by atoms with E-state index in [0.717, 1.165) is 12.8 Å². The first-order valence-corrected chi connectivity index (χ1v) is 6.42. The van der Waals surface area contributed by atoms with Gasteiger partial charge < -0.3 is 5.73 Å². The molecule has 0 fully saturated rings. The second kappa shape index (κ2) is 4.81. The van der Waals surface area contributed by atoms with Crippen LogP contribution in [0.15, 0.2) is 41.8 Å². The van der Waals surface area contributed by atoms with Crippen LogP contribution in [0, 0.1) is 0 Å². The Hall–Kier alpha value is -1.12. The number of hydrogen-bond donors (Lipinski definition) is 1. The van der Waals surface area contributed by atoms with Crippen molar-refractivity contribution in [2.75, 3.05) is 0 Å². The molecule has 2 rings (SSSR count). The Bertz CT molecular complexity index is 498. The van der Waals surface area contributed by atoms with E-state index in [9.17, 15) is 0 Å². The minimum absolute atomic E-state index is 0.132. The normalized spacial score (nSPS) is 12.9. The maximum atomic E-state index is 6.22. The average Bonchev–Trinajstić information content (AvgIpc) is 2.69. The van der Waals surface area contributed by atoms with E-state index in [-0.39, 0.29) is 6.04 Å². The van der Waals surface area contributed by atoms with Crippen LogP contribution in [0.2, 0.25) is 0 Å². The summed E-state index contributed by atoms with van der Waals surface area (Å²) in [7, 11) is 0. The maximum Gasteiger partial charge on any atom is 0.0346 e. The van der Waals surface area contributed by atoms with Gasteiger partial charge in [-0.25, -0.2) is 0 Å². The minimum atomic E-state index is 0.132. The number of thiophene rings is 1. The van der Waals surface area contributed by atoms with Crippen molar-refractivity contribution >= 4 is 21.4 Å². The van der Waals surface area contributed by atoms with Crippen LogP contribution >= 0.6 is 11.3 Å². The van der Waals surface area contributed by atoms with E-state index in [1.807, 2.05) is 0 Å². The first-order valence-electron chi connectivity index (χ1n) is 5.54. The van der Waals surface area contributed by atoms with Crippen molar-refractivity contribution in [3.05, 3.63) is 47.4 Å². The third kappa shape index (κ3) is 2.34. The highest BCUT2D eigenvalue weighted by atomic mass is 32.1. The molecule has 0 aliphatic heterocycles. The van der Waals surface area contributed by atoms with Gasteiger partial charge in [0.1, 0.15) is 0 Å². The molecule has 1 nitrogen and oxygen atoms in total. The second-order valence-corrected chi connectivity index (χ2v) is 5.20. The molecule has 1 atom stereocenters. The van der Waals surface area contributed by atoms with Crippen LogP contribution in [-0.4, -0.2) is 0 Å². The third-order valence-electron chi connectivity index (χ3n) is 2.79. The van der Waals surface area contributed by atoms with E-state index in [1.165, 1.54) is 21.2 Å². The van der Waals surface area contributed by atoms with E-state index in [2.05, 4.69) is 43.1 Å². The van der Waals surface area contributed by atoms with Crippen molar-refractivity contribution in [2.24, 2.45) is 5.73 Å². The predicted molar refractivity (Wildman–Crippen MR) is 72.8 cm³/mol. The maximum absolute atomic E-state index is 6.22. The van der Waals surface area contributed by atoms with Crippen LogP contribution in [0.5, 0.6) is 0 Å². The summed E-state index contributed by atoms with van der Waals surface area (Å²) in [6.07, 6.45) is 1.99. The molecule has 2 aromatic rings. The van der Waals surface area contributed by atoms with Gasteiger partial charge in [0, 0.05) is 10.7 Å². The van der Waals surface area contributed by atoms with Gasteiger partial charge in [0.05, 0.1) is 0 Å². The summed E-state index contributed by atoms with van der Waals surface area (Å²) in [5.74, 6) is 0. The lowest BCUT2D eigenvalue weighted by molar-refractivity contribution is 0.655. The van der Waals surface area contributed by atoms with E-state index in [0.29, 0.717) is 0 Å². The molecular formula is C14H17NS. The Morgan fingerprint density at radius 2 is 2.19 bits per heavy atom. The summed E-state index contributed by atoms with van der Waals surface area (Å²) in [6.45, 7) is 5.97. The van der Waals surface area contributed by atoms with Crippen LogP contribution in [-0.2, 0) is 0 Å². The Labute approximate surface area is 101 Å². The van der Waals surface area contributed by atoms with Crippen LogP contribution in [0.1, 0.15) is 31.4 Å². The summed E-state index contributed by atoms with van der Waals surface area (Å²) >= 11 is 1.77. The highest BCUT2D eigenvalue weighted by Crippen LogP contribution is 2.31. The fraction of sp³-hybridized carbons (Fsp3) is 0.286. The van der Waals surface area contributed by atoms with Gasteiger partial charge in [-0.3, -0.25) is 0 Å². The van der Waals surface area contributed by atoms with Gasteiger partial charge in [0.2, 0.25) is 0 Å². The zero-order chi connectivity index (χ0) is 11.5. The fourth-order valence-electron chi connectivity index (χ4n) is 1.84. The SMILES string of the molecule is C=C(C)CCC(N)c1csc2ccccc12. The highest BCUT2D eigenvalue weighted by molar-refractivity contribution is 7.17. The lowest BCUT2D eigenvalue weighted by Crippen LogP contribution is -2.09. The van der Waals surface area contributed by atoms with E-state index >= 15 is 0 Å². The molecule has 2 heteroatoms. The third-order valence-corrected chi connectivity index (χ3v) is 3.77.